The lowest BCUT2D eigenvalue weighted by molar-refractivity contribution is -0.141. The molecule has 0 fully saturated rings. The number of halogens is 2. The number of nitrogens with zero attached hydrogens (tertiary/aromatic N) is 1. The molecule has 1 N–H and O–H groups in total. The third-order valence-corrected chi connectivity index (χ3v) is 2.54. The number of anilines is 1. The van der Waals surface area contributed by atoms with Crippen LogP contribution in [0.5, 0.6) is 0 Å². The van der Waals surface area contributed by atoms with Gasteiger partial charge in [-0.25, -0.2) is 8.78 Å². The number of esters is 1. The lowest BCUT2D eigenvalue weighted by Crippen LogP contribution is -2.32. The highest BCUT2D eigenvalue weighted by Crippen LogP contribution is 2.15. The molecule has 0 unspecified atom stereocenters. The first-order chi connectivity index (χ1) is 9.42. The average Bonchev–Trinajstić information content (AvgIpc) is 2.40. The summed E-state index contributed by atoms with van der Waals surface area (Å²) < 4.78 is 30.7. The van der Waals surface area contributed by atoms with Gasteiger partial charge in [0.15, 0.2) is 0 Å². The van der Waals surface area contributed by atoms with Crippen molar-refractivity contribution >= 4 is 17.6 Å². The Morgan fingerprint density at radius 1 is 1.35 bits per heavy atom. The molecular weight excluding hydrogens is 270 g/mol. The van der Waals surface area contributed by atoms with Crippen LogP contribution in [0.1, 0.15) is 6.42 Å². The van der Waals surface area contributed by atoms with E-state index < -0.39 is 17.5 Å². The average molecular weight is 286 g/mol. The molecular formula is C13H16F2N2O3. The van der Waals surface area contributed by atoms with Crippen molar-refractivity contribution in [3.8, 4) is 0 Å². The predicted octanol–water partition coefficient (Wildman–Crippen LogP) is 1.40. The fourth-order valence-corrected chi connectivity index (χ4v) is 1.49. The number of ether oxygens (including phenoxy) is 1. The Morgan fingerprint density at radius 2 is 2.05 bits per heavy atom. The molecule has 0 aliphatic rings. The van der Waals surface area contributed by atoms with Crippen LogP contribution in [0, 0.1) is 11.6 Å². The smallest absolute Gasteiger partial charge is 0.306 e. The first-order valence-corrected chi connectivity index (χ1v) is 5.92. The molecule has 0 heterocycles. The number of benzene rings is 1. The van der Waals surface area contributed by atoms with E-state index in [9.17, 15) is 18.4 Å². The Hall–Kier alpha value is -2.02. The summed E-state index contributed by atoms with van der Waals surface area (Å²) in [6.07, 6.45) is 0.147. The van der Waals surface area contributed by atoms with Gasteiger partial charge in [0.2, 0.25) is 5.91 Å². The summed E-state index contributed by atoms with van der Waals surface area (Å²) >= 11 is 0. The molecule has 0 radical (unpaired) electrons. The SMILES string of the molecule is COC(=O)CCN(C)CC(=O)Nc1cc(F)ccc1F. The van der Waals surface area contributed by atoms with Crippen LogP contribution in [0.2, 0.25) is 0 Å². The Morgan fingerprint density at radius 3 is 2.70 bits per heavy atom. The number of hydrogen-bond donors (Lipinski definition) is 1. The van der Waals surface area contributed by atoms with E-state index >= 15 is 0 Å². The van der Waals surface area contributed by atoms with Crippen molar-refractivity contribution in [2.24, 2.45) is 0 Å². The van der Waals surface area contributed by atoms with Crippen LogP contribution in [0.15, 0.2) is 18.2 Å². The van der Waals surface area contributed by atoms with Gasteiger partial charge in [0.05, 0.1) is 25.8 Å². The predicted molar refractivity (Wildman–Crippen MR) is 69.1 cm³/mol. The highest BCUT2D eigenvalue weighted by Gasteiger charge is 2.11. The molecule has 1 aromatic carbocycles. The van der Waals surface area contributed by atoms with Crippen LogP contribution < -0.4 is 5.32 Å². The van der Waals surface area contributed by atoms with Crippen molar-refractivity contribution in [3.63, 3.8) is 0 Å². The highest BCUT2D eigenvalue weighted by molar-refractivity contribution is 5.92. The number of nitrogens with one attached hydrogen (secondary N) is 1. The van der Waals surface area contributed by atoms with E-state index in [4.69, 9.17) is 0 Å². The number of carbonyl (C=O) groups excluding carboxylic acids is 2. The second-order valence-electron chi connectivity index (χ2n) is 4.24. The maximum absolute atomic E-state index is 13.3. The Labute approximate surface area is 115 Å². The quantitative estimate of drug-likeness (QED) is 0.803. The number of methoxy groups -OCH3 is 1. The molecule has 0 atom stereocenters. The molecule has 0 saturated carbocycles. The van der Waals surface area contributed by atoms with E-state index in [1.54, 1.807) is 11.9 Å². The summed E-state index contributed by atoms with van der Waals surface area (Å²) in [6, 6.07) is 2.81. The molecule has 0 aromatic heterocycles. The van der Waals surface area contributed by atoms with Gasteiger partial charge in [0, 0.05) is 12.6 Å². The van der Waals surface area contributed by atoms with Gasteiger partial charge in [-0.05, 0) is 19.2 Å². The van der Waals surface area contributed by atoms with E-state index in [1.807, 2.05) is 0 Å². The third kappa shape index (κ3) is 5.31. The van der Waals surface area contributed by atoms with Crippen LogP contribution in [0.4, 0.5) is 14.5 Å². The minimum atomic E-state index is -0.711. The fraction of sp³-hybridized carbons (Fsp3) is 0.385. The van der Waals surface area contributed by atoms with E-state index in [-0.39, 0.29) is 24.6 Å². The zero-order valence-corrected chi connectivity index (χ0v) is 11.3. The number of amides is 1. The van der Waals surface area contributed by atoms with Gasteiger partial charge in [-0.3, -0.25) is 14.5 Å². The summed E-state index contributed by atoms with van der Waals surface area (Å²) in [5.74, 6) is -2.23. The maximum atomic E-state index is 13.3. The van der Waals surface area contributed by atoms with Gasteiger partial charge >= 0.3 is 5.97 Å². The van der Waals surface area contributed by atoms with E-state index in [0.29, 0.717) is 6.54 Å². The van der Waals surface area contributed by atoms with Gasteiger partial charge in [0.25, 0.3) is 0 Å². The first-order valence-electron chi connectivity index (χ1n) is 5.92. The molecule has 1 aromatic rings. The molecule has 0 spiro atoms. The largest absolute Gasteiger partial charge is 0.469 e. The number of hydrogen-bond acceptors (Lipinski definition) is 4. The summed E-state index contributed by atoms with van der Waals surface area (Å²) in [7, 11) is 2.91. The molecule has 20 heavy (non-hydrogen) atoms. The number of rotatable bonds is 6. The number of carbonyl (C=O) groups is 2. The van der Waals surface area contributed by atoms with Crippen LogP contribution in [-0.4, -0.2) is 44.0 Å². The zero-order chi connectivity index (χ0) is 15.1. The lowest BCUT2D eigenvalue weighted by Gasteiger charge is -2.15. The maximum Gasteiger partial charge on any atom is 0.306 e. The molecule has 5 nitrogen and oxygen atoms in total. The molecule has 0 saturated heterocycles. The van der Waals surface area contributed by atoms with Crippen molar-refractivity contribution in [1.29, 1.82) is 0 Å². The van der Waals surface area contributed by atoms with Crippen molar-refractivity contribution in [2.45, 2.75) is 6.42 Å². The van der Waals surface area contributed by atoms with Crippen LogP contribution in [0.3, 0.4) is 0 Å². The standard InChI is InChI=1S/C13H16F2N2O3/c1-17(6-5-13(19)20-2)8-12(18)16-11-7-9(14)3-4-10(11)15/h3-4,7H,5-6,8H2,1-2H3,(H,16,18). The van der Waals surface area contributed by atoms with Gasteiger partial charge < -0.3 is 10.1 Å². The van der Waals surface area contributed by atoms with Crippen LogP contribution >= 0.6 is 0 Å². The minimum Gasteiger partial charge on any atom is -0.469 e. The molecule has 0 aliphatic carbocycles. The van der Waals surface area contributed by atoms with Gasteiger partial charge in [-0.2, -0.15) is 0 Å². The van der Waals surface area contributed by atoms with Crippen molar-refractivity contribution in [2.75, 3.05) is 32.6 Å². The summed E-state index contributed by atoms with van der Waals surface area (Å²) in [5, 5.41) is 2.27. The molecule has 110 valence electrons. The summed E-state index contributed by atoms with van der Waals surface area (Å²) in [5.41, 5.74) is -0.212. The van der Waals surface area contributed by atoms with Gasteiger partial charge in [-0.1, -0.05) is 0 Å². The lowest BCUT2D eigenvalue weighted by atomic mass is 10.3. The molecule has 0 aliphatic heterocycles. The first kappa shape index (κ1) is 16.0. The summed E-state index contributed by atoms with van der Waals surface area (Å²) in [4.78, 5) is 24.1. The molecule has 1 amide bonds. The molecule has 0 bridgehead atoms. The van der Waals surface area contributed by atoms with Crippen molar-refractivity contribution in [3.05, 3.63) is 29.8 Å². The zero-order valence-electron chi connectivity index (χ0n) is 11.3. The Balaban J connectivity index is 2.47. The fourth-order valence-electron chi connectivity index (χ4n) is 1.49. The summed E-state index contributed by atoms with van der Waals surface area (Å²) in [6.45, 7) is 0.276. The van der Waals surface area contributed by atoms with E-state index in [2.05, 4.69) is 10.1 Å². The Bertz CT molecular complexity index is 495. The van der Waals surface area contributed by atoms with Gasteiger partial charge in [-0.15, -0.1) is 0 Å². The topological polar surface area (TPSA) is 58.6 Å². The van der Waals surface area contributed by atoms with Crippen LogP contribution in [0.25, 0.3) is 0 Å². The van der Waals surface area contributed by atoms with E-state index in [1.165, 1.54) is 7.11 Å². The van der Waals surface area contributed by atoms with Crippen LogP contribution in [-0.2, 0) is 14.3 Å². The Kier molecular flexibility index (Phi) is 6.05. The van der Waals surface area contributed by atoms with E-state index in [0.717, 1.165) is 18.2 Å². The normalized spacial score (nSPS) is 10.4. The minimum absolute atomic E-state index is 0.0487. The number of likely N-dealkylation sites (N-methyl/N-ethyl adjacent to an activating group) is 1. The second kappa shape index (κ2) is 7.54. The van der Waals surface area contributed by atoms with Gasteiger partial charge in [0.1, 0.15) is 11.6 Å². The monoisotopic (exact) mass is 286 g/mol. The van der Waals surface area contributed by atoms with Crippen molar-refractivity contribution in [1.82, 2.24) is 4.90 Å². The third-order valence-electron chi connectivity index (χ3n) is 2.54. The molecule has 7 heteroatoms. The highest BCUT2D eigenvalue weighted by atomic mass is 19.1. The second-order valence-corrected chi connectivity index (χ2v) is 4.24. The molecule has 1 rings (SSSR count). The van der Waals surface area contributed by atoms with Crippen molar-refractivity contribution < 1.29 is 23.1 Å².